The van der Waals surface area contributed by atoms with E-state index in [0.717, 1.165) is 68.8 Å². The maximum Gasteiger partial charge on any atom is 0.119 e. The average Bonchev–Trinajstić information content (AvgIpc) is 3.47. The summed E-state index contributed by atoms with van der Waals surface area (Å²) in [6, 6.07) is 16.9. The SMILES string of the molecule is CCCCCCCCCCCCCCCCCCOC1CC(COc2ccc(C(N)c3ccc(C)cc3)cc2)CC(OCCCCCCCCCCCCCCCCCC)C1OCCCCCCCCCCCCCCCCCC. The van der Waals surface area contributed by atoms with Gasteiger partial charge in [0.25, 0.3) is 0 Å². The molecule has 0 bridgehead atoms. The Hall–Kier alpha value is -1.92. The Morgan fingerprint density at radius 1 is 0.338 bits per heavy atom. The molecule has 1 aliphatic rings. The quantitative estimate of drug-likeness (QED) is 0.0669. The summed E-state index contributed by atoms with van der Waals surface area (Å²) in [5.41, 5.74) is 10.2. The van der Waals surface area contributed by atoms with Gasteiger partial charge in [-0.25, -0.2) is 0 Å². The molecule has 80 heavy (non-hydrogen) atoms. The molecule has 1 fully saturated rings. The zero-order valence-corrected chi connectivity index (χ0v) is 53.9. The zero-order chi connectivity index (χ0) is 56.9. The number of nitrogens with two attached hydrogens (primary N) is 1. The fourth-order valence-corrected chi connectivity index (χ4v) is 12.5. The molecule has 0 heterocycles. The lowest BCUT2D eigenvalue weighted by Gasteiger charge is -2.41. The summed E-state index contributed by atoms with van der Waals surface area (Å²) in [6.07, 6.45) is 68.3. The normalized spacial score (nSPS) is 16.9. The number of hydrogen-bond acceptors (Lipinski definition) is 5. The summed E-state index contributed by atoms with van der Waals surface area (Å²) < 4.78 is 27.5. The van der Waals surface area contributed by atoms with Gasteiger partial charge in [-0.2, -0.15) is 0 Å². The van der Waals surface area contributed by atoms with Crippen molar-refractivity contribution in [3.63, 3.8) is 0 Å². The van der Waals surface area contributed by atoms with Gasteiger partial charge in [-0.3, -0.25) is 0 Å². The lowest BCUT2D eigenvalue weighted by Crippen LogP contribution is -2.50. The van der Waals surface area contributed by atoms with E-state index in [1.165, 1.54) is 295 Å². The average molecular weight is 1110 g/mol. The lowest BCUT2D eigenvalue weighted by atomic mass is 9.83. The molecule has 5 heteroatoms. The standard InChI is InChI=1S/C75H135NO4/c1-5-8-11-14-17-20-23-26-29-32-35-38-41-44-47-50-61-77-72-64-68(66-80-71-59-57-70(58-60-71)74(76)69-55-53-67(4)54-56-69)65-73(78-62-51-48-45-42-39-36-33-30-27-24-21-18-15-12-9-6-2)75(72)79-63-52-49-46-43-40-37-34-31-28-25-22-19-16-13-10-7-3/h53-60,68,72-75H,5-52,61-66,76H2,1-4H3. The van der Waals surface area contributed by atoms with Gasteiger partial charge in [0.15, 0.2) is 0 Å². The highest BCUT2D eigenvalue weighted by atomic mass is 16.6. The van der Waals surface area contributed by atoms with E-state index in [2.05, 4.69) is 76.2 Å². The van der Waals surface area contributed by atoms with Crippen LogP contribution in [0.25, 0.3) is 0 Å². The van der Waals surface area contributed by atoms with Gasteiger partial charge < -0.3 is 24.7 Å². The Labute approximate surface area is 498 Å². The Bertz CT molecular complexity index is 1520. The van der Waals surface area contributed by atoms with Crippen LogP contribution in [0.5, 0.6) is 5.75 Å². The van der Waals surface area contributed by atoms with Gasteiger partial charge in [0.2, 0.25) is 0 Å². The lowest BCUT2D eigenvalue weighted by molar-refractivity contribution is -0.172. The number of aryl methyl sites for hydroxylation is 1. The van der Waals surface area contributed by atoms with Gasteiger partial charge in [-0.05, 0) is 68.2 Å². The van der Waals surface area contributed by atoms with E-state index < -0.39 is 0 Å². The van der Waals surface area contributed by atoms with Crippen molar-refractivity contribution in [1.82, 2.24) is 0 Å². The molecule has 5 nitrogen and oxygen atoms in total. The molecule has 0 aliphatic heterocycles. The predicted octanol–water partition coefficient (Wildman–Crippen LogP) is 23.8. The molecule has 0 amide bonds. The molecular weight excluding hydrogens is 979 g/mol. The van der Waals surface area contributed by atoms with Crippen molar-refractivity contribution in [2.24, 2.45) is 11.7 Å². The molecule has 0 spiro atoms. The second-order valence-electron chi connectivity index (χ2n) is 25.7. The monoisotopic (exact) mass is 1110 g/mol. The van der Waals surface area contributed by atoms with Crippen molar-refractivity contribution in [3.05, 3.63) is 65.2 Å². The second-order valence-corrected chi connectivity index (χ2v) is 25.7. The van der Waals surface area contributed by atoms with Crippen molar-refractivity contribution in [3.8, 4) is 5.75 Å². The fraction of sp³-hybridized carbons (Fsp3) is 0.840. The molecule has 1 saturated carbocycles. The summed E-state index contributed by atoms with van der Waals surface area (Å²) in [6.45, 7) is 12.1. The first-order valence-corrected chi connectivity index (χ1v) is 35.9. The molecule has 3 atom stereocenters. The first kappa shape index (κ1) is 72.3. The fourth-order valence-electron chi connectivity index (χ4n) is 12.5. The highest BCUT2D eigenvalue weighted by Crippen LogP contribution is 2.33. The molecule has 2 N–H and O–H groups in total. The van der Waals surface area contributed by atoms with Gasteiger partial charge in [0.1, 0.15) is 11.9 Å². The minimum absolute atomic E-state index is 0.0211. The third kappa shape index (κ3) is 39.6. The van der Waals surface area contributed by atoms with E-state index >= 15 is 0 Å². The first-order chi connectivity index (χ1) is 39.5. The van der Waals surface area contributed by atoms with E-state index in [4.69, 9.17) is 24.7 Å². The van der Waals surface area contributed by atoms with Gasteiger partial charge in [0, 0.05) is 19.8 Å². The van der Waals surface area contributed by atoms with Crippen LogP contribution in [0.3, 0.4) is 0 Å². The molecule has 2 aromatic rings. The predicted molar refractivity (Wildman–Crippen MR) is 350 cm³/mol. The highest BCUT2D eigenvalue weighted by molar-refractivity contribution is 5.36. The van der Waals surface area contributed by atoms with Crippen molar-refractivity contribution < 1.29 is 18.9 Å². The molecule has 0 saturated heterocycles. The Morgan fingerprint density at radius 2 is 0.588 bits per heavy atom. The second kappa shape index (κ2) is 53.8. The Morgan fingerprint density at radius 3 is 0.875 bits per heavy atom. The Kier molecular flexibility index (Phi) is 48.6. The highest BCUT2D eigenvalue weighted by Gasteiger charge is 2.40. The molecule has 0 radical (unpaired) electrons. The summed E-state index contributed by atoms with van der Waals surface area (Å²) in [5, 5.41) is 0. The van der Waals surface area contributed by atoms with E-state index in [0.29, 0.717) is 12.5 Å². The molecule has 3 rings (SSSR count). The molecule has 0 aromatic heterocycles. The van der Waals surface area contributed by atoms with Crippen LogP contribution in [-0.2, 0) is 14.2 Å². The van der Waals surface area contributed by atoms with Gasteiger partial charge in [-0.15, -0.1) is 0 Å². The van der Waals surface area contributed by atoms with Crippen molar-refractivity contribution in [2.75, 3.05) is 26.4 Å². The molecule has 464 valence electrons. The minimum Gasteiger partial charge on any atom is -0.493 e. The summed E-state index contributed by atoms with van der Waals surface area (Å²) in [7, 11) is 0. The molecule has 3 unspecified atom stereocenters. The topological polar surface area (TPSA) is 62.9 Å². The van der Waals surface area contributed by atoms with Gasteiger partial charge in [0.05, 0.1) is 24.9 Å². The minimum atomic E-state index is -0.154. The van der Waals surface area contributed by atoms with Crippen LogP contribution in [0.15, 0.2) is 48.5 Å². The molecule has 1 aliphatic carbocycles. The van der Waals surface area contributed by atoms with E-state index in [1.807, 2.05) is 0 Å². The summed E-state index contributed by atoms with van der Waals surface area (Å²) in [5.74, 6) is 1.24. The third-order valence-corrected chi connectivity index (χ3v) is 18.0. The summed E-state index contributed by atoms with van der Waals surface area (Å²) in [4.78, 5) is 0. The van der Waals surface area contributed by atoms with Gasteiger partial charge in [-0.1, -0.05) is 352 Å². The number of benzene rings is 2. The Balaban J connectivity index is 1.49. The molecular formula is C75H135NO4. The molecule has 2 aromatic carbocycles. The van der Waals surface area contributed by atoms with Crippen molar-refractivity contribution in [2.45, 2.75) is 373 Å². The smallest absolute Gasteiger partial charge is 0.119 e. The zero-order valence-electron chi connectivity index (χ0n) is 53.9. The van der Waals surface area contributed by atoms with Crippen LogP contribution < -0.4 is 10.5 Å². The van der Waals surface area contributed by atoms with Crippen LogP contribution in [0.1, 0.15) is 365 Å². The van der Waals surface area contributed by atoms with Crippen molar-refractivity contribution in [1.29, 1.82) is 0 Å². The van der Waals surface area contributed by atoms with Gasteiger partial charge >= 0.3 is 0 Å². The first-order valence-electron chi connectivity index (χ1n) is 35.9. The number of hydrogen-bond donors (Lipinski definition) is 1. The third-order valence-electron chi connectivity index (χ3n) is 18.0. The van der Waals surface area contributed by atoms with Crippen LogP contribution >= 0.6 is 0 Å². The van der Waals surface area contributed by atoms with Crippen LogP contribution in [0, 0.1) is 12.8 Å². The van der Waals surface area contributed by atoms with Crippen molar-refractivity contribution >= 4 is 0 Å². The number of rotatable bonds is 59. The number of unbranched alkanes of at least 4 members (excludes halogenated alkanes) is 45. The maximum absolute atomic E-state index is 6.98. The summed E-state index contributed by atoms with van der Waals surface area (Å²) >= 11 is 0. The van der Waals surface area contributed by atoms with Crippen LogP contribution in [0.4, 0.5) is 0 Å². The maximum atomic E-state index is 6.98. The van der Waals surface area contributed by atoms with Crippen LogP contribution in [-0.4, -0.2) is 44.7 Å². The van der Waals surface area contributed by atoms with E-state index in [-0.39, 0.29) is 24.4 Å². The largest absolute Gasteiger partial charge is 0.493 e. The van der Waals surface area contributed by atoms with E-state index in [1.54, 1.807) is 0 Å². The van der Waals surface area contributed by atoms with E-state index in [9.17, 15) is 0 Å². The number of ether oxygens (including phenoxy) is 4. The van der Waals surface area contributed by atoms with Crippen LogP contribution in [0.2, 0.25) is 0 Å².